The molecule has 15 heavy (non-hydrogen) atoms. The summed E-state index contributed by atoms with van der Waals surface area (Å²) in [5.74, 6) is -0.148. The molecule has 0 unspecified atom stereocenters. The lowest BCUT2D eigenvalue weighted by Gasteiger charge is -2.04. The van der Waals surface area contributed by atoms with E-state index in [1.165, 1.54) is 4.57 Å². The van der Waals surface area contributed by atoms with E-state index >= 15 is 0 Å². The number of aryl methyl sites for hydroxylation is 1. The fourth-order valence-corrected chi connectivity index (χ4v) is 1.24. The number of carbonyl (C=O) groups is 2. The molecule has 5 heteroatoms. The Labute approximate surface area is 88.1 Å². The van der Waals surface area contributed by atoms with Gasteiger partial charge in [0.15, 0.2) is 0 Å². The van der Waals surface area contributed by atoms with Gasteiger partial charge >= 0.3 is 5.97 Å². The van der Waals surface area contributed by atoms with Gasteiger partial charge in [-0.15, -0.1) is 0 Å². The largest absolute Gasteiger partial charge is 0.466 e. The molecule has 0 aliphatic heterocycles. The SMILES string of the molecule is CCOC(=O)CC(=O)n1ccnc1CC. The number of nitrogens with zero attached hydrogens (tertiary/aromatic N) is 2. The average Bonchev–Trinajstić information content (AvgIpc) is 2.65. The standard InChI is InChI=1S/C10H14N2O3/c1-3-8-11-5-6-12(8)9(13)7-10(14)15-4-2/h5-6H,3-4,7H2,1-2H3. The minimum atomic E-state index is -0.502. The van der Waals surface area contributed by atoms with Crippen molar-refractivity contribution in [3.63, 3.8) is 0 Å². The molecular weight excluding hydrogens is 196 g/mol. The minimum Gasteiger partial charge on any atom is -0.466 e. The van der Waals surface area contributed by atoms with Gasteiger partial charge in [0.1, 0.15) is 12.2 Å². The minimum absolute atomic E-state index is 0.239. The van der Waals surface area contributed by atoms with E-state index in [1.54, 1.807) is 19.3 Å². The first-order chi connectivity index (χ1) is 7.19. The zero-order chi connectivity index (χ0) is 11.3. The molecule has 1 rings (SSSR count). The third-order valence-electron chi connectivity index (χ3n) is 1.90. The number of hydrogen-bond donors (Lipinski definition) is 0. The first-order valence-corrected chi connectivity index (χ1v) is 4.90. The van der Waals surface area contributed by atoms with Gasteiger partial charge in [0, 0.05) is 18.8 Å². The molecule has 0 aromatic carbocycles. The Morgan fingerprint density at radius 2 is 2.20 bits per heavy atom. The van der Waals surface area contributed by atoms with Crippen molar-refractivity contribution in [2.45, 2.75) is 26.7 Å². The topological polar surface area (TPSA) is 61.2 Å². The van der Waals surface area contributed by atoms with Crippen molar-refractivity contribution in [2.24, 2.45) is 0 Å². The molecule has 0 aliphatic carbocycles. The van der Waals surface area contributed by atoms with Crippen molar-refractivity contribution >= 4 is 11.9 Å². The molecule has 0 fully saturated rings. The van der Waals surface area contributed by atoms with Gasteiger partial charge < -0.3 is 4.74 Å². The summed E-state index contributed by atoms with van der Waals surface area (Å²) in [6, 6.07) is 0. The highest BCUT2D eigenvalue weighted by Gasteiger charge is 2.14. The highest BCUT2D eigenvalue weighted by atomic mass is 16.5. The van der Waals surface area contributed by atoms with Crippen LogP contribution in [0, 0.1) is 0 Å². The summed E-state index contributed by atoms with van der Waals surface area (Å²) in [7, 11) is 0. The normalized spacial score (nSPS) is 10.0. The highest BCUT2D eigenvalue weighted by molar-refractivity contribution is 5.95. The Balaban J connectivity index is 2.65. The Morgan fingerprint density at radius 3 is 2.80 bits per heavy atom. The van der Waals surface area contributed by atoms with Gasteiger partial charge in [-0.2, -0.15) is 0 Å². The number of esters is 1. The average molecular weight is 210 g/mol. The van der Waals surface area contributed by atoms with E-state index in [1.807, 2.05) is 6.92 Å². The maximum atomic E-state index is 11.6. The predicted molar refractivity (Wildman–Crippen MR) is 53.5 cm³/mol. The van der Waals surface area contributed by atoms with Crippen molar-refractivity contribution in [3.8, 4) is 0 Å². The summed E-state index contributed by atoms with van der Waals surface area (Å²) < 4.78 is 6.08. The second-order valence-electron chi connectivity index (χ2n) is 2.94. The van der Waals surface area contributed by atoms with Crippen LogP contribution in [-0.2, 0) is 16.0 Å². The summed E-state index contributed by atoms with van der Waals surface area (Å²) in [6.45, 7) is 3.89. The van der Waals surface area contributed by atoms with Crippen molar-refractivity contribution in [1.82, 2.24) is 9.55 Å². The van der Waals surface area contributed by atoms with Crippen LogP contribution in [0.4, 0.5) is 0 Å². The zero-order valence-electron chi connectivity index (χ0n) is 8.90. The fourth-order valence-electron chi connectivity index (χ4n) is 1.24. The molecule has 0 radical (unpaired) electrons. The fraction of sp³-hybridized carbons (Fsp3) is 0.500. The molecule has 0 saturated carbocycles. The van der Waals surface area contributed by atoms with Crippen LogP contribution in [0.3, 0.4) is 0 Å². The van der Waals surface area contributed by atoms with E-state index in [0.29, 0.717) is 12.2 Å². The third-order valence-corrected chi connectivity index (χ3v) is 1.90. The molecule has 82 valence electrons. The molecule has 1 heterocycles. The lowest BCUT2D eigenvalue weighted by Crippen LogP contribution is -2.18. The third kappa shape index (κ3) is 2.90. The van der Waals surface area contributed by atoms with Crippen LogP contribution >= 0.6 is 0 Å². The van der Waals surface area contributed by atoms with E-state index in [0.717, 1.165) is 0 Å². The Morgan fingerprint density at radius 1 is 1.47 bits per heavy atom. The quantitative estimate of drug-likeness (QED) is 0.550. The first-order valence-electron chi connectivity index (χ1n) is 4.90. The van der Waals surface area contributed by atoms with Crippen LogP contribution in [0.5, 0.6) is 0 Å². The van der Waals surface area contributed by atoms with Gasteiger partial charge in [-0.1, -0.05) is 6.92 Å². The van der Waals surface area contributed by atoms with Gasteiger partial charge in [-0.3, -0.25) is 14.2 Å². The summed E-state index contributed by atoms with van der Waals surface area (Å²) in [4.78, 5) is 26.7. The maximum absolute atomic E-state index is 11.6. The number of imidazole rings is 1. The molecule has 0 bridgehead atoms. The Kier molecular flexibility index (Phi) is 4.03. The molecule has 5 nitrogen and oxygen atoms in total. The first kappa shape index (κ1) is 11.4. The highest BCUT2D eigenvalue weighted by Crippen LogP contribution is 2.01. The van der Waals surface area contributed by atoms with Gasteiger partial charge in [-0.25, -0.2) is 4.98 Å². The molecule has 1 aromatic rings. The van der Waals surface area contributed by atoms with Crippen LogP contribution in [0.15, 0.2) is 12.4 Å². The molecule has 0 saturated heterocycles. The summed E-state index contributed by atoms with van der Waals surface area (Å²) >= 11 is 0. The zero-order valence-corrected chi connectivity index (χ0v) is 8.90. The molecule has 0 atom stereocenters. The van der Waals surface area contributed by atoms with Crippen LogP contribution in [-0.4, -0.2) is 28.0 Å². The number of ether oxygens (including phenoxy) is 1. The van der Waals surface area contributed by atoms with Crippen LogP contribution in [0.2, 0.25) is 0 Å². The lowest BCUT2D eigenvalue weighted by molar-refractivity contribution is -0.142. The summed E-state index contributed by atoms with van der Waals surface area (Å²) in [5.41, 5.74) is 0. The van der Waals surface area contributed by atoms with Gasteiger partial charge in [-0.05, 0) is 6.92 Å². The van der Waals surface area contributed by atoms with Crippen LogP contribution < -0.4 is 0 Å². The van der Waals surface area contributed by atoms with E-state index in [-0.39, 0.29) is 18.9 Å². The molecule has 0 amide bonds. The van der Waals surface area contributed by atoms with Gasteiger partial charge in [0.25, 0.3) is 0 Å². The van der Waals surface area contributed by atoms with E-state index < -0.39 is 5.97 Å². The van der Waals surface area contributed by atoms with Gasteiger partial charge in [0.05, 0.1) is 6.61 Å². The van der Waals surface area contributed by atoms with Crippen LogP contribution in [0.25, 0.3) is 0 Å². The number of carbonyl (C=O) groups excluding carboxylic acids is 2. The van der Waals surface area contributed by atoms with Crippen molar-refractivity contribution in [1.29, 1.82) is 0 Å². The Bertz CT molecular complexity index is 357. The maximum Gasteiger partial charge on any atom is 0.315 e. The molecule has 0 spiro atoms. The second kappa shape index (κ2) is 5.29. The summed E-state index contributed by atoms with van der Waals surface area (Å²) in [6.07, 6.45) is 3.51. The molecule has 0 N–H and O–H groups in total. The van der Waals surface area contributed by atoms with E-state index in [2.05, 4.69) is 4.98 Å². The number of hydrogen-bond acceptors (Lipinski definition) is 4. The predicted octanol–water partition coefficient (Wildman–Crippen LogP) is 1.04. The number of aromatic nitrogens is 2. The van der Waals surface area contributed by atoms with Crippen molar-refractivity contribution < 1.29 is 14.3 Å². The molecular formula is C10H14N2O3. The number of rotatable bonds is 4. The lowest BCUT2D eigenvalue weighted by atomic mass is 10.3. The molecule has 1 aromatic heterocycles. The second-order valence-corrected chi connectivity index (χ2v) is 2.94. The van der Waals surface area contributed by atoms with Crippen molar-refractivity contribution in [3.05, 3.63) is 18.2 Å². The van der Waals surface area contributed by atoms with Crippen molar-refractivity contribution in [2.75, 3.05) is 6.61 Å². The van der Waals surface area contributed by atoms with Crippen LogP contribution in [0.1, 0.15) is 30.9 Å². The summed E-state index contributed by atoms with van der Waals surface area (Å²) in [5, 5.41) is 0. The molecule has 0 aliphatic rings. The van der Waals surface area contributed by atoms with E-state index in [4.69, 9.17) is 4.74 Å². The van der Waals surface area contributed by atoms with Gasteiger partial charge in [0.2, 0.25) is 5.91 Å². The smallest absolute Gasteiger partial charge is 0.315 e. The Hall–Kier alpha value is -1.65. The monoisotopic (exact) mass is 210 g/mol. The van der Waals surface area contributed by atoms with E-state index in [9.17, 15) is 9.59 Å².